The number of carbonyl (C=O) groups is 1. The minimum atomic E-state index is -0.325. The SMILES string of the molecule is C[C@H](Oc1ncc(C(=O)Nc2nnc(-c3ccncc3)s2)cc1NCCN1CCOCC1)c1ccccc1. The van der Waals surface area contributed by atoms with Gasteiger partial charge in [0, 0.05) is 50.3 Å². The van der Waals surface area contributed by atoms with Crippen LogP contribution in [0, 0.1) is 0 Å². The molecule has 0 unspecified atom stereocenters. The lowest BCUT2D eigenvalue weighted by Gasteiger charge is -2.27. The van der Waals surface area contributed by atoms with Crippen LogP contribution in [0.2, 0.25) is 0 Å². The van der Waals surface area contributed by atoms with Gasteiger partial charge in [-0.05, 0) is 30.7 Å². The second-order valence-corrected chi connectivity index (χ2v) is 9.71. The summed E-state index contributed by atoms with van der Waals surface area (Å²) in [6.07, 6.45) is 4.68. The van der Waals surface area contributed by atoms with E-state index in [1.807, 2.05) is 49.4 Å². The smallest absolute Gasteiger partial charge is 0.259 e. The molecule has 0 saturated carbocycles. The highest BCUT2D eigenvalue weighted by Crippen LogP contribution is 2.29. The first-order valence-electron chi connectivity index (χ1n) is 12.5. The summed E-state index contributed by atoms with van der Waals surface area (Å²) in [6.45, 7) is 6.79. The predicted octanol–water partition coefficient (Wildman–Crippen LogP) is 4.13. The Hall–Kier alpha value is -3.93. The summed E-state index contributed by atoms with van der Waals surface area (Å²) in [5.74, 6) is 0.115. The molecule has 2 N–H and O–H groups in total. The van der Waals surface area contributed by atoms with Crippen LogP contribution in [0.25, 0.3) is 10.6 Å². The lowest BCUT2D eigenvalue weighted by atomic mass is 10.1. The molecule has 1 amide bonds. The van der Waals surface area contributed by atoms with Gasteiger partial charge < -0.3 is 14.8 Å². The minimum Gasteiger partial charge on any atom is -0.468 e. The van der Waals surface area contributed by atoms with Gasteiger partial charge in [0.1, 0.15) is 11.1 Å². The molecule has 4 aromatic rings. The topological polar surface area (TPSA) is 114 Å². The van der Waals surface area contributed by atoms with Crippen LogP contribution in [0.4, 0.5) is 10.8 Å². The van der Waals surface area contributed by atoms with Crippen molar-refractivity contribution in [3.8, 4) is 16.5 Å². The summed E-state index contributed by atoms with van der Waals surface area (Å²) in [6, 6.07) is 15.4. The molecule has 4 heterocycles. The number of carbonyl (C=O) groups excluding carboxylic acids is 1. The number of aromatic nitrogens is 4. The van der Waals surface area contributed by atoms with Crippen LogP contribution in [0.5, 0.6) is 5.88 Å². The van der Waals surface area contributed by atoms with Crippen LogP contribution in [0.15, 0.2) is 67.1 Å². The second kappa shape index (κ2) is 12.5. The van der Waals surface area contributed by atoms with Crippen LogP contribution in [0.1, 0.15) is 28.9 Å². The Balaban J connectivity index is 1.30. The molecule has 10 nitrogen and oxygen atoms in total. The van der Waals surface area contributed by atoms with Gasteiger partial charge in [-0.1, -0.05) is 41.7 Å². The standard InChI is InChI=1S/C27H29N7O3S/c1-19(20-5-3-2-4-6-20)37-25-23(29-11-12-34-13-15-36-16-14-34)17-22(18-30-25)24(35)31-27-33-32-26(38-27)21-7-9-28-10-8-21/h2-10,17-19,29H,11-16H2,1H3,(H,31,33,35)/t19-/m0/s1. The number of benzene rings is 1. The summed E-state index contributed by atoms with van der Waals surface area (Å²) in [4.78, 5) is 23.9. The Morgan fingerprint density at radius 3 is 2.71 bits per heavy atom. The normalized spacial score (nSPS) is 14.6. The number of ether oxygens (including phenoxy) is 2. The molecule has 1 aromatic carbocycles. The highest BCUT2D eigenvalue weighted by atomic mass is 32.1. The lowest BCUT2D eigenvalue weighted by molar-refractivity contribution is 0.0398. The van der Waals surface area contributed by atoms with Gasteiger partial charge in [-0.2, -0.15) is 0 Å². The molecule has 1 fully saturated rings. The van der Waals surface area contributed by atoms with Crippen molar-refractivity contribution in [2.45, 2.75) is 13.0 Å². The van der Waals surface area contributed by atoms with Gasteiger partial charge in [-0.25, -0.2) is 4.98 Å². The van der Waals surface area contributed by atoms with Gasteiger partial charge in [0.05, 0.1) is 24.5 Å². The third kappa shape index (κ3) is 6.68. The van der Waals surface area contributed by atoms with Gasteiger partial charge >= 0.3 is 0 Å². The molecule has 1 atom stereocenters. The van der Waals surface area contributed by atoms with E-state index in [1.54, 1.807) is 18.5 Å². The van der Waals surface area contributed by atoms with E-state index >= 15 is 0 Å². The van der Waals surface area contributed by atoms with E-state index in [4.69, 9.17) is 9.47 Å². The minimum absolute atomic E-state index is 0.212. The van der Waals surface area contributed by atoms with Crippen LogP contribution in [-0.2, 0) is 4.74 Å². The fourth-order valence-electron chi connectivity index (χ4n) is 3.98. The Labute approximate surface area is 225 Å². The average molecular weight is 532 g/mol. The van der Waals surface area contributed by atoms with E-state index in [0.717, 1.165) is 44.0 Å². The van der Waals surface area contributed by atoms with E-state index in [9.17, 15) is 4.79 Å². The Bertz CT molecular complexity index is 1330. The summed E-state index contributed by atoms with van der Waals surface area (Å²) < 4.78 is 11.7. The summed E-state index contributed by atoms with van der Waals surface area (Å²) in [5.41, 5.74) is 2.97. The molecule has 1 aliphatic rings. The van der Waals surface area contributed by atoms with Crippen molar-refractivity contribution >= 4 is 28.1 Å². The number of nitrogens with one attached hydrogen (secondary N) is 2. The van der Waals surface area contributed by atoms with Gasteiger partial charge in [-0.15, -0.1) is 10.2 Å². The summed E-state index contributed by atoms with van der Waals surface area (Å²) in [5, 5.41) is 15.6. The maximum Gasteiger partial charge on any atom is 0.259 e. The fourth-order valence-corrected chi connectivity index (χ4v) is 4.73. The third-order valence-corrected chi connectivity index (χ3v) is 6.98. The maximum atomic E-state index is 13.1. The third-order valence-electron chi connectivity index (χ3n) is 6.09. The number of anilines is 2. The monoisotopic (exact) mass is 531 g/mol. The molecular weight excluding hydrogens is 502 g/mol. The molecule has 5 rings (SSSR count). The lowest BCUT2D eigenvalue weighted by Crippen LogP contribution is -2.39. The molecular formula is C27H29N7O3S. The highest BCUT2D eigenvalue weighted by Gasteiger charge is 2.18. The van der Waals surface area contributed by atoms with Gasteiger partial charge in [-0.3, -0.25) is 20.0 Å². The second-order valence-electron chi connectivity index (χ2n) is 8.73. The fraction of sp³-hybridized carbons (Fsp3) is 0.296. The summed E-state index contributed by atoms with van der Waals surface area (Å²) in [7, 11) is 0. The molecule has 1 aliphatic heterocycles. The van der Waals surface area contributed by atoms with Crippen molar-refractivity contribution < 1.29 is 14.3 Å². The number of pyridine rings is 2. The van der Waals surface area contributed by atoms with Crippen molar-refractivity contribution in [1.29, 1.82) is 0 Å². The summed E-state index contributed by atoms with van der Waals surface area (Å²) >= 11 is 1.29. The van der Waals surface area contributed by atoms with Gasteiger partial charge in [0.2, 0.25) is 11.0 Å². The number of amides is 1. The van der Waals surface area contributed by atoms with Crippen molar-refractivity contribution in [1.82, 2.24) is 25.1 Å². The van der Waals surface area contributed by atoms with Crippen molar-refractivity contribution in [2.75, 3.05) is 50.0 Å². The first-order valence-corrected chi connectivity index (χ1v) is 13.3. The number of hydrogen-bond donors (Lipinski definition) is 2. The van der Waals surface area contributed by atoms with Gasteiger partial charge in [0.15, 0.2) is 0 Å². The van der Waals surface area contributed by atoms with Crippen LogP contribution in [-0.4, -0.2) is 70.4 Å². The number of nitrogens with zero attached hydrogens (tertiary/aromatic N) is 5. The first kappa shape index (κ1) is 25.7. The molecule has 196 valence electrons. The molecule has 0 aliphatic carbocycles. The van der Waals surface area contributed by atoms with Crippen LogP contribution in [0.3, 0.4) is 0 Å². The molecule has 0 radical (unpaired) electrons. The molecule has 0 spiro atoms. The highest BCUT2D eigenvalue weighted by molar-refractivity contribution is 7.18. The predicted molar refractivity (Wildman–Crippen MR) is 147 cm³/mol. The zero-order valence-corrected chi connectivity index (χ0v) is 21.9. The maximum absolute atomic E-state index is 13.1. The quantitative estimate of drug-likeness (QED) is 0.312. The molecule has 38 heavy (non-hydrogen) atoms. The average Bonchev–Trinajstić information content (AvgIpc) is 3.44. The number of morpholine rings is 1. The van der Waals surface area contributed by atoms with Crippen LogP contribution >= 0.6 is 11.3 Å². The largest absolute Gasteiger partial charge is 0.468 e. The van der Waals surface area contributed by atoms with Gasteiger partial charge in [0.25, 0.3) is 5.91 Å². The Morgan fingerprint density at radius 2 is 1.92 bits per heavy atom. The van der Waals surface area contributed by atoms with E-state index in [0.29, 0.717) is 33.8 Å². The van der Waals surface area contributed by atoms with E-state index < -0.39 is 0 Å². The zero-order valence-electron chi connectivity index (χ0n) is 21.0. The Morgan fingerprint density at radius 1 is 1.13 bits per heavy atom. The molecule has 11 heteroatoms. The number of hydrogen-bond acceptors (Lipinski definition) is 10. The van der Waals surface area contributed by atoms with Crippen LogP contribution < -0.4 is 15.4 Å². The molecule has 3 aromatic heterocycles. The van der Waals surface area contributed by atoms with E-state index in [-0.39, 0.29) is 12.0 Å². The first-order chi connectivity index (χ1) is 18.7. The van der Waals surface area contributed by atoms with Crippen molar-refractivity contribution in [3.63, 3.8) is 0 Å². The zero-order chi connectivity index (χ0) is 26.2. The van der Waals surface area contributed by atoms with Crippen molar-refractivity contribution in [2.24, 2.45) is 0 Å². The molecule has 0 bridgehead atoms. The van der Waals surface area contributed by atoms with E-state index in [2.05, 4.69) is 35.7 Å². The number of rotatable bonds is 10. The van der Waals surface area contributed by atoms with Crippen molar-refractivity contribution in [3.05, 3.63) is 78.2 Å². The Kier molecular flexibility index (Phi) is 8.49. The molecule has 1 saturated heterocycles. The van der Waals surface area contributed by atoms with E-state index in [1.165, 1.54) is 17.5 Å².